The number of nitrogens with one attached hydrogen (secondary N) is 1. The minimum atomic E-state index is -2.92. The summed E-state index contributed by atoms with van der Waals surface area (Å²) in [6, 6.07) is 8.81. The highest BCUT2D eigenvalue weighted by Gasteiger charge is 2.79. The van der Waals surface area contributed by atoms with Gasteiger partial charge in [0.05, 0.1) is 27.4 Å². The van der Waals surface area contributed by atoms with Crippen molar-refractivity contribution in [1.82, 2.24) is 14.8 Å². The van der Waals surface area contributed by atoms with Crippen LogP contribution < -0.4 is 9.64 Å². The Hall–Kier alpha value is -4.04. The number of halogens is 2. The summed E-state index contributed by atoms with van der Waals surface area (Å²) in [5, 5.41) is 26.3. The predicted molar refractivity (Wildman–Crippen MR) is 214 cm³/mol. The van der Waals surface area contributed by atoms with E-state index in [1.165, 1.54) is 14.2 Å². The summed E-state index contributed by atoms with van der Waals surface area (Å²) in [6.45, 7) is 7.63. The number of aliphatic hydroxyl groups excluding tert-OH is 1. The van der Waals surface area contributed by atoms with Crippen molar-refractivity contribution >= 4 is 28.5 Å². The van der Waals surface area contributed by atoms with Crippen LogP contribution in [0.1, 0.15) is 67.5 Å². The molecule has 2 aromatic carbocycles. The van der Waals surface area contributed by atoms with E-state index in [4.69, 9.17) is 14.2 Å². The Morgan fingerprint density at radius 2 is 1.79 bits per heavy atom. The van der Waals surface area contributed by atoms with Crippen molar-refractivity contribution in [3.05, 3.63) is 70.4 Å². The summed E-state index contributed by atoms with van der Waals surface area (Å²) in [7, 11) is 5.98. The van der Waals surface area contributed by atoms with Crippen LogP contribution in [0.15, 0.2) is 42.5 Å². The fraction of sp³-hybridized carbons (Fsp3) is 0.600. The summed E-state index contributed by atoms with van der Waals surface area (Å²) < 4.78 is 48.2. The van der Waals surface area contributed by atoms with Gasteiger partial charge in [-0.1, -0.05) is 30.7 Å². The summed E-state index contributed by atoms with van der Waals surface area (Å²) in [4.78, 5) is 39.4. The van der Waals surface area contributed by atoms with E-state index in [0.717, 1.165) is 34.5 Å². The number of piperidine rings is 1. The lowest BCUT2D eigenvalue weighted by Crippen LogP contribution is -2.80. The molecule has 0 amide bonds. The zero-order valence-electron chi connectivity index (χ0n) is 34.5. The Morgan fingerprint density at radius 1 is 1.03 bits per heavy atom. The van der Waals surface area contributed by atoms with Crippen molar-refractivity contribution in [2.45, 2.75) is 93.4 Å². The minimum absolute atomic E-state index is 0.172. The number of likely N-dealkylation sites (N-methyl/N-ethyl adjacent to an activating group) is 1. The number of H-pyrrole nitrogens is 1. The number of rotatable bonds is 6. The molecule has 3 fully saturated rings. The molecule has 1 saturated carbocycles. The highest BCUT2D eigenvalue weighted by atomic mass is 19.3. The largest absolute Gasteiger partial charge is 0.496 e. The number of aromatic nitrogens is 1. The molecule has 10 atom stereocenters. The lowest BCUT2D eigenvalue weighted by atomic mass is 9.47. The number of alkyl halides is 2. The van der Waals surface area contributed by atoms with E-state index >= 15 is 13.6 Å². The zero-order chi connectivity index (χ0) is 41.3. The number of hydrogen-bond acceptors (Lipinski definition) is 10. The van der Waals surface area contributed by atoms with Gasteiger partial charge in [0.25, 0.3) is 0 Å². The van der Waals surface area contributed by atoms with E-state index in [1.807, 2.05) is 62.2 Å². The van der Waals surface area contributed by atoms with E-state index in [-0.39, 0.29) is 31.3 Å². The number of nitrogens with zero attached hydrogens (tertiary/aromatic N) is 3. The van der Waals surface area contributed by atoms with Crippen LogP contribution >= 0.6 is 0 Å². The fourth-order valence-corrected chi connectivity index (χ4v) is 13.3. The quantitative estimate of drug-likeness (QED) is 0.235. The maximum Gasteiger partial charge on any atom is 0.342 e. The molecule has 0 radical (unpaired) electrons. The smallest absolute Gasteiger partial charge is 0.342 e. The molecule has 1 aliphatic carbocycles. The van der Waals surface area contributed by atoms with Gasteiger partial charge in [0.2, 0.25) is 11.5 Å². The molecule has 58 heavy (non-hydrogen) atoms. The monoisotopic (exact) mass is 802 g/mol. The van der Waals surface area contributed by atoms with Crippen LogP contribution in [-0.4, -0.2) is 128 Å². The number of aromatic amines is 1. The number of anilines is 1. The molecular formula is C45H56F2N4O7. The molecule has 3 aromatic rings. The van der Waals surface area contributed by atoms with Crippen molar-refractivity contribution < 1.29 is 42.8 Å². The molecule has 11 nitrogen and oxygen atoms in total. The highest BCUT2D eigenvalue weighted by Crippen LogP contribution is 2.67. The lowest BCUT2D eigenvalue weighted by molar-refractivity contribution is -0.218. The maximum atomic E-state index is 15.3. The van der Waals surface area contributed by atoms with Crippen LogP contribution in [0.2, 0.25) is 0 Å². The number of esters is 2. The highest BCUT2D eigenvalue weighted by molar-refractivity contribution is 5.95. The topological polar surface area (TPSA) is 128 Å². The van der Waals surface area contributed by atoms with Crippen molar-refractivity contribution in [1.29, 1.82) is 0 Å². The number of hydrogen-bond donors (Lipinski definition) is 3. The Balaban J connectivity index is 1.36. The molecule has 6 heterocycles. The number of ether oxygens (including phenoxy) is 3. The van der Waals surface area contributed by atoms with Gasteiger partial charge in [-0.2, -0.15) is 0 Å². The van der Waals surface area contributed by atoms with E-state index in [1.54, 1.807) is 7.11 Å². The Morgan fingerprint density at radius 3 is 2.48 bits per heavy atom. The van der Waals surface area contributed by atoms with Gasteiger partial charge in [-0.3, -0.25) is 9.69 Å². The van der Waals surface area contributed by atoms with Gasteiger partial charge >= 0.3 is 11.9 Å². The number of benzene rings is 2. The first kappa shape index (κ1) is 39.4. The van der Waals surface area contributed by atoms with E-state index in [9.17, 15) is 15.0 Å². The number of aliphatic hydroxyl groups is 2. The second-order valence-electron chi connectivity index (χ2n) is 18.3. The first-order valence-electron chi connectivity index (χ1n) is 20.7. The fourth-order valence-electron chi connectivity index (χ4n) is 13.3. The third-order valence-electron chi connectivity index (χ3n) is 15.6. The molecule has 1 spiro atoms. The summed E-state index contributed by atoms with van der Waals surface area (Å²) in [6.07, 6.45) is 4.40. The molecule has 9 rings (SSSR count). The van der Waals surface area contributed by atoms with Gasteiger partial charge in [0.15, 0.2) is 0 Å². The summed E-state index contributed by atoms with van der Waals surface area (Å²) in [5.41, 5.74) is -0.275. The average Bonchev–Trinajstić information content (AvgIpc) is 3.86. The molecule has 2 unspecified atom stereocenters. The molecule has 6 aliphatic rings. The van der Waals surface area contributed by atoms with Crippen LogP contribution in [-0.2, 0) is 36.3 Å². The molecule has 312 valence electrons. The van der Waals surface area contributed by atoms with Crippen molar-refractivity contribution in [3.63, 3.8) is 0 Å². The summed E-state index contributed by atoms with van der Waals surface area (Å²) in [5.74, 6) is -5.19. The molecule has 5 aliphatic heterocycles. The van der Waals surface area contributed by atoms with Gasteiger partial charge in [-0.25, -0.2) is 13.6 Å². The maximum absolute atomic E-state index is 15.3. The van der Waals surface area contributed by atoms with Crippen LogP contribution in [0.4, 0.5) is 14.5 Å². The third kappa shape index (κ3) is 4.96. The van der Waals surface area contributed by atoms with Crippen LogP contribution in [0.25, 0.3) is 10.9 Å². The first-order valence-corrected chi connectivity index (χ1v) is 20.7. The number of aryl methyl sites for hydroxylation is 1. The van der Waals surface area contributed by atoms with Crippen molar-refractivity contribution in [2.75, 3.05) is 66.0 Å². The second-order valence-corrected chi connectivity index (χ2v) is 18.3. The number of carbonyl (C=O) groups excluding carboxylic acids is 2. The third-order valence-corrected chi connectivity index (χ3v) is 15.6. The first-order chi connectivity index (χ1) is 27.6. The molecular weight excluding hydrogens is 747 g/mol. The Kier molecular flexibility index (Phi) is 8.99. The van der Waals surface area contributed by atoms with Crippen LogP contribution in [0.5, 0.6) is 5.75 Å². The van der Waals surface area contributed by atoms with Crippen molar-refractivity contribution in [3.8, 4) is 5.75 Å². The Bertz CT molecular complexity index is 2220. The number of methoxy groups -OCH3 is 3. The predicted octanol–water partition coefficient (Wildman–Crippen LogP) is 4.86. The SMILES string of the molecule is CC[C@]12C=CCN3CC[C@@]4(c5cc([C@@]6(C(=O)OC)C[C@H]7CC(C(C)(F)F)CN(CCc8c6[nH]c6ccc(C)cc86)C7)c(OC)cc5N(C)[C@H]4[C@@](O)(C(=O)OC)[C@@H]1O)[C@@H]32. The zero-order valence-corrected chi connectivity index (χ0v) is 34.5. The summed E-state index contributed by atoms with van der Waals surface area (Å²) >= 11 is 0. The second kappa shape index (κ2) is 13.2. The van der Waals surface area contributed by atoms with Gasteiger partial charge in [0, 0.05) is 89.9 Å². The van der Waals surface area contributed by atoms with E-state index < -0.39 is 57.8 Å². The molecule has 2 bridgehead atoms. The normalized spacial score (nSPS) is 36.6. The average molecular weight is 803 g/mol. The molecule has 1 aromatic heterocycles. The van der Waals surface area contributed by atoms with Crippen LogP contribution in [0.3, 0.4) is 0 Å². The van der Waals surface area contributed by atoms with Gasteiger partial charge in [-0.15, -0.1) is 0 Å². The number of carbonyl (C=O) groups is 2. The standard InChI is InChI=1S/C45H56F2N4O7/c1-8-42-13-9-15-51-17-14-43(36(42)51)30-20-31(34(56-5)21-33(30)49(4)37(43)45(55,38(42)52)40(54)58-7)44(39(53)57-6)22-26-19-27(41(3,46)47)24-50(23-26)16-12-28-29-18-25(2)10-11-32(29)48-35(28)44/h9-11,13,18,20-21,26-27,36-38,48,52,55H,8,12,14-17,19,22-24H2,1-7H3/t26-,27?,36+,37-,38-,42-,43-,44+,45+/m1/s1. The van der Waals surface area contributed by atoms with Crippen molar-refractivity contribution in [2.24, 2.45) is 17.3 Å². The van der Waals surface area contributed by atoms with Gasteiger partial charge in [-0.05, 0) is 87.7 Å². The van der Waals surface area contributed by atoms with E-state index in [0.29, 0.717) is 68.1 Å². The van der Waals surface area contributed by atoms with Gasteiger partial charge < -0.3 is 39.2 Å². The number of fused-ring (bicyclic) bond motifs is 6. The molecule has 3 N–H and O–H groups in total. The van der Waals surface area contributed by atoms with E-state index in [2.05, 4.69) is 20.9 Å². The van der Waals surface area contributed by atoms with Crippen LogP contribution in [0, 0.1) is 24.2 Å². The van der Waals surface area contributed by atoms with Gasteiger partial charge in [0.1, 0.15) is 17.3 Å². The molecule has 2 saturated heterocycles. The minimum Gasteiger partial charge on any atom is -0.496 e. The Labute approximate surface area is 338 Å². The molecule has 13 heteroatoms. The lowest BCUT2D eigenvalue weighted by Gasteiger charge is -2.63.